The highest BCUT2D eigenvalue weighted by Gasteiger charge is 2.30. The molecule has 1 amide bonds. The summed E-state index contributed by atoms with van der Waals surface area (Å²) in [4.78, 5) is 34.4. The molecule has 0 saturated carbocycles. The van der Waals surface area contributed by atoms with Crippen LogP contribution in [0.3, 0.4) is 0 Å². The fourth-order valence-electron chi connectivity index (χ4n) is 5.36. The van der Waals surface area contributed by atoms with E-state index in [9.17, 15) is 9.59 Å². The zero-order valence-corrected chi connectivity index (χ0v) is 23.3. The van der Waals surface area contributed by atoms with Crippen molar-refractivity contribution in [1.82, 2.24) is 4.98 Å². The van der Waals surface area contributed by atoms with Gasteiger partial charge >= 0.3 is 0 Å². The Hall–Kier alpha value is -4.00. The predicted molar refractivity (Wildman–Crippen MR) is 166 cm³/mol. The molecule has 1 fully saturated rings. The number of nitrogens with zero attached hydrogens (tertiary/aromatic N) is 1. The summed E-state index contributed by atoms with van der Waals surface area (Å²) in [5.41, 5.74) is 3.72. The maximum atomic E-state index is 13.6. The van der Waals surface area contributed by atoms with E-state index < -0.39 is 0 Å². The van der Waals surface area contributed by atoms with Crippen molar-refractivity contribution in [3.05, 3.63) is 119 Å². The second-order valence-corrected chi connectivity index (χ2v) is 11.5. The number of halogens is 1. The quantitative estimate of drug-likeness (QED) is 0.220. The van der Waals surface area contributed by atoms with Crippen LogP contribution in [0.1, 0.15) is 12.8 Å². The Balaban J connectivity index is 1.31. The van der Waals surface area contributed by atoms with Crippen LogP contribution in [-0.4, -0.2) is 24.0 Å². The number of piperidine rings is 1. The Morgan fingerprint density at radius 3 is 2.45 bits per heavy atom. The Kier molecular flexibility index (Phi) is 7.62. The van der Waals surface area contributed by atoms with Gasteiger partial charge in [-0.3, -0.25) is 9.59 Å². The normalized spacial score (nSPS) is 15.2. The van der Waals surface area contributed by atoms with Crippen molar-refractivity contribution in [3.63, 3.8) is 0 Å². The minimum absolute atomic E-state index is 0.0349. The van der Waals surface area contributed by atoms with Crippen LogP contribution in [0.4, 0.5) is 11.4 Å². The van der Waals surface area contributed by atoms with Crippen molar-refractivity contribution in [2.75, 3.05) is 23.3 Å². The van der Waals surface area contributed by atoms with Gasteiger partial charge in [0.2, 0.25) is 5.91 Å². The summed E-state index contributed by atoms with van der Waals surface area (Å²) in [6, 6.07) is 33.4. The minimum atomic E-state index is -0.262. The first-order chi connectivity index (χ1) is 19.6. The number of amides is 1. The van der Waals surface area contributed by atoms with Gasteiger partial charge in [0, 0.05) is 44.4 Å². The molecular weight excluding hydrogens is 538 g/mol. The van der Waals surface area contributed by atoms with Gasteiger partial charge < -0.3 is 15.2 Å². The molecule has 6 rings (SSSR count). The lowest BCUT2D eigenvalue weighted by Gasteiger charge is -2.34. The average molecular weight is 566 g/mol. The summed E-state index contributed by atoms with van der Waals surface area (Å²) in [5, 5.41) is 4.66. The van der Waals surface area contributed by atoms with E-state index in [1.807, 2.05) is 84.9 Å². The molecule has 1 aromatic heterocycles. The van der Waals surface area contributed by atoms with Gasteiger partial charge in [0.15, 0.2) is 0 Å². The predicted octanol–water partition coefficient (Wildman–Crippen LogP) is 7.85. The van der Waals surface area contributed by atoms with Crippen LogP contribution in [0.2, 0.25) is 5.02 Å². The SMILES string of the molecule is O=C(Nc1ccccc1Sc1ccccc1)C1CCCN(c2c(-c3ccccc3)c3cc(Cl)ccc3[nH]c2=O)C1. The van der Waals surface area contributed by atoms with Crippen LogP contribution in [-0.2, 0) is 4.79 Å². The molecule has 1 atom stereocenters. The molecule has 0 bridgehead atoms. The second-order valence-electron chi connectivity index (χ2n) is 9.92. The number of nitrogens with one attached hydrogen (secondary N) is 2. The van der Waals surface area contributed by atoms with E-state index in [-0.39, 0.29) is 17.4 Å². The lowest BCUT2D eigenvalue weighted by Crippen LogP contribution is -2.43. The molecule has 5 aromatic rings. The number of carbonyl (C=O) groups is 1. The molecule has 1 unspecified atom stereocenters. The van der Waals surface area contributed by atoms with Gasteiger partial charge in [-0.1, -0.05) is 84.0 Å². The molecule has 0 radical (unpaired) electrons. The van der Waals surface area contributed by atoms with Crippen molar-refractivity contribution >= 4 is 51.5 Å². The molecule has 2 N–H and O–H groups in total. The van der Waals surface area contributed by atoms with Crippen molar-refractivity contribution in [1.29, 1.82) is 0 Å². The number of aromatic amines is 1. The Bertz CT molecular complexity index is 1720. The third-order valence-electron chi connectivity index (χ3n) is 7.24. The van der Waals surface area contributed by atoms with Gasteiger partial charge in [-0.2, -0.15) is 0 Å². The van der Waals surface area contributed by atoms with Crippen LogP contribution in [0.5, 0.6) is 0 Å². The van der Waals surface area contributed by atoms with Gasteiger partial charge in [0.1, 0.15) is 5.69 Å². The molecule has 1 aliphatic heterocycles. The smallest absolute Gasteiger partial charge is 0.272 e. The molecule has 1 saturated heterocycles. The van der Waals surface area contributed by atoms with Crippen molar-refractivity contribution in [2.45, 2.75) is 22.6 Å². The van der Waals surface area contributed by atoms with Crippen LogP contribution in [0.25, 0.3) is 22.0 Å². The number of pyridine rings is 1. The topological polar surface area (TPSA) is 65.2 Å². The van der Waals surface area contributed by atoms with Crippen molar-refractivity contribution in [3.8, 4) is 11.1 Å². The lowest BCUT2D eigenvalue weighted by molar-refractivity contribution is -0.120. The van der Waals surface area contributed by atoms with E-state index in [0.29, 0.717) is 23.8 Å². The monoisotopic (exact) mass is 565 g/mol. The first-order valence-corrected chi connectivity index (χ1v) is 14.5. The van der Waals surface area contributed by atoms with Crippen molar-refractivity contribution in [2.24, 2.45) is 5.92 Å². The number of carbonyl (C=O) groups excluding carboxylic acids is 1. The van der Waals surface area contributed by atoms with E-state index >= 15 is 0 Å². The van der Waals surface area contributed by atoms with Crippen LogP contribution < -0.4 is 15.8 Å². The molecule has 5 nitrogen and oxygen atoms in total. The molecule has 0 spiro atoms. The number of anilines is 2. The number of hydrogen-bond donors (Lipinski definition) is 2. The molecule has 40 heavy (non-hydrogen) atoms. The fourth-order valence-corrected chi connectivity index (χ4v) is 6.45. The highest BCUT2D eigenvalue weighted by atomic mass is 35.5. The first-order valence-electron chi connectivity index (χ1n) is 13.4. The highest BCUT2D eigenvalue weighted by Crippen LogP contribution is 2.38. The summed E-state index contributed by atoms with van der Waals surface area (Å²) in [5.74, 6) is -0.297. The van der Waals surface area contributed by atoms with Gasteiger partial charge in [0.05, 0.1) is 11.6 Å². The molecule has 200 valence electrons. The molecule has 0 aliphatic carbocycles. The number of rotatable bonds is 6. The highest BCUT2D eigenvalue weighted by molar-refractivity contribution is 7.99. The van der Waals surface area contributed by atoms with Crippen molar-refractivity contribution < 1.29 is 4.79 Å². The maximum Gasteiger partial charge on any atom is 0.272 e. The van der Waals surface area contributed by atoms with Crippen LogP contribution in [0, 0.1) is 5.92 Å². The zero-order chi connectivity index (χ0) is 27.5. The standard InChI is InChI=1S/C33H28ClN3O2S/c34-24-17-18-27-26(20-24)30(22-10-3-1-4-11-22)31(33(39)35-27)37-19-9-12-23(21-37)32(38)36-28-15-7-8-16-29(28)40-25-13-5-2-6-14-25/h1-8,10-11,13-18,20,23H,9,12,19,21H2,(H,35,39)(H,36,38). The molecule has 1 aliphatic rings. The number of fused-ring (bicyclic) bond motifs is 1. The number of H-pyrrole nitrogens is 1. The number of benzene rings is 4. The third-order valence-corrected chi connectivity index (χ3v) is 8.56. The summed E-state index contributed by atoms with van der Waals surface area (Å²) >= 11 is 8.02. The number of para-hydroxylation sites is 1. The molecule has 7 heteroatoms. The Morgan fingerprint density at radius 2 is 1.65 bits per heavy atom. The van der Waals surface area contributed by atoms with Gasteiger partial charge in [-0.15, -0.1) is 0 Å². The van der Waals surface area contributed by atoms with Crippen LogP contribution >= 0.6 is 23.4 Å². The van der Waals surface area contributed by atoms with Gasteiger partial charge in [-0.25, -0.2) is 0 Å². The number of hydrogen-bond acceptors (Lipinski definition) is 4. The van der Waals surface area contributed by atoms with Gasteiger partial charge in [-0.05, 0) is 60.9 Å². The third kappa shape index (κ3) is 5.51. The Morgan fingerprint density at radius 1 is 0.925 bits per heavy atom. The van der Waals surface area contributed by atoms with Gasteiger partial charge in [0.25, 0.3) is 5.56 Å². The largest absolute Gasteiger partial charge is 0.366 e. The number of aromatic nitrogens is 1. The summed E-state index contributed by atoms with van der Waals surface area (Å²) < 4.78 is 0. The zero-order valence-electron chi connectivity index (χ0n) is 21.8. The van der Waals surface area contributed by atoms with Crippen LogP contribution in [0.15, 0.2) is 118 Å². The summed E-state index contributed by atoms with van der Waals surface area (Å²) in [7, 11) is 0. The van der Waals surface area contributed by atoms with E-state index in [2.05, 4.69) is 27.3 Å². The molecular formula is C33H28ClN3O2S. The summed E-state index contributed by atoms with van der Waals surface area (Å²) in [6.07, 6.45) is 1.56. The second kappa shape index (κ2) is 11.6. The first kappa shape index (κ1) is 26.2. The van der Waals surface area contributed by atoms with E-state index in [4.69, 9.17) is 11.6 Å². The average Bonchev–Trinajstić information content (AvgIpc) is 2.99. The maximum absolute atomic E-state index is 13.6. The fraction of sp³-hybridized carbons (Fsp3) is 0.152. The molecule has 4 aromatic carbocycles. The van der Waals surface area contributed by atoms with E-state index in [1.54, 1.807) is 17.8 Å². The molecule has 2 heterocycles. The lowest BCUT2D eigenvalue weighted by atomic mass is 9.93. The van der Waals surface area contributed by atoms with E-state index in [1.165, 1.54) is 0 Å². The summed E-state index contributed by atoms with van der Waals surface area (Å²) in [6.45, 7) is 1.15. The minimum Gasteiger partial charge on any atom is -0.366 e. The van der Waals surface area contributed by atoms with E-state index in [0.717, 1.165) is 50.3 Å². The Labute approximate surface area is 242 Å².